The molecule has 2 aliphatic heterocycles. The Balaban J connectivity index is 2.06. The second kappa shape index (κ2) is 6.41. The first-order valence-electron chi connectivity index (χ1n) is 6.78. The summed E-state index contributed by atoms with van der Waals surface area (Å²) in [6, 6.07) is 0. The predicted molar refractivity (Wildman–Crippen MR) is 65.8 cm³/mol. The number of hydrogen-bond donors (Lipinski definition) is 6. The lowest BCUT2D eigenvalue weighted by molar-refractivity contribution is -0.348. The molecule has 0 amide bonds. The van der Waals surface area contributed by atoms with Gasteiger partial charge in [0.1, 0.15) is 36.6 Å². The molecule has 0 saturated carbocycles. The van der Waals surface area contributed by atoms with Gasteiger partial charge in [-0.3, -0.25) is 0 Å². The number of ether oxygens (including phenoxy) is 3. The number of aliphatic hydroxyl groups is 6. The fourth-order valence-electron chi connectivity index (χ4n) is 2.49. The fraction of sp³-hybridized carbons (Fsp3) is 1.00. The van der Waals surface area contributed by atoms with Crippen molar-refractivity contribution in [2.24, 2.45) is 0 Å². The molecule has 2 aliphatic rings. The zero-order valence-corrected chi connectivity index (χ0v) is 11.7. The van der Waals surface area contributed by atoms with Crippen molar-refractivity contribution < 1.29 is 44.8 Å². The topological polar surface area (TPSA) is 149 Å². The van der Waals surface area contributed by atoms with Crippen molar-refractivity contribution in [3.05, 3.63) is 0 Å². The van der Waals surface area contributed by atoms with Gasteiger partial charge in [0, 0.05) is 0 Å². The maximum atomic E-state index is 9.91. The predicted octanol–water partition coefficient (Wildman–Crippen LogP) is -3.34. The van der Waals surface area contributed by atoms with E-state index in [-0.39, 0.29) is 0 Å². The van der Waals surface area contributed by atoms with E-state index in [1.165, 1.54) is 13.8 Å². The average molecular weight is 310 g/mol. The van der Waals surface area contributed by atoms with E-state index >= 15 is 0 Å². The van der Waals surface area contributed by atoms with Gasteiger partial charge >= 0.3 is 0 Å². The van der Waals surface area contributed by atoms with Gasteiger partial charge in [-0.15, -0.1) is 0 Å². The molecule has 0 aromatic heterocycles. The SMILES string of the molecule is C[C@H]1O[C@H](O[C@@H]2[C@H](O)[C@@H](O)[C@@H](O)O[C@@H]2C)[C@H](O)[C@@H](O)[C@H]1O. The van der Waals surface area contributed by atoms with Gasteiger partial charge in [0.15, 0.2) is 12.6 Å². The van der Waals surface area contributed by atoms with E-state index in [4.69, 9.17) is 14.2 Å². The lowest BCUT2D eigenvalue weighted by Gasteiger charge is -2.44. The largest absolute Gasteiger partial charge is 0.388 e. The average Bonchev–Trinajstić information content (AvgIpc) is 2.44. The monoisotopic (exact) mass is 310 g/mol. The number of hydrogen-bond acceptors (Lipinski definition) is 9. The first kappa shape index (κ1) is 17.0. The van der Waals surface area contributed by atoms with Crippen LogP contribution in [0.25, 0.3) is 0 Å². The van der Waals surface area contributed by atoms with Gasteiger partial charge in [-0.25, -0.2) is 0 Å². The standard InChI is InChI=1S/C12H22O9/c1-3-5(13)6(14)9(17)12(20-3)21-10-4(2)19-11(18)8(16)7(10)15/h3-18H,1-2H3/t3-,4-,5+,6+,7-,8-,9-,10+,11+,12-/m1/s1. The summed E-state index contributed by atoms with van der Waals surface area (Å²) in [7, 11) is 0. The lowest BCUT2D eigenvalue weighted by Crippen LogP contribution is -2.62. The van der Waals surface area contributed by atoms with Crippen LogP contribution in [-0.4, -0.2) is 92.1 Å². The summed E-state index contributed by atoms with van der Waals surface area (Å²) in [5.41, 5.74) is 0. The van der Waals surface area contributed by atoms with Crippen LogP contribution in [-0.2, 0) is 14.2 Å². The molecule has 124 valence electrons. The van der Waals surface area contributed by atoms with Gasteiger partial charge in [-0.05, 0) is 13.8 Å². The van der Waals surface area contributed by atoms with Gasteiger partial charge in [0.2, 0.25) is 0 Å². The molecule has 2 saturated heterocycles. The summed E-state index contributed by atoms with van der Waals surface area (Å²) in [4.78, 5) is 0. The summed E-state index contributed by atoms with van der Waals surface area (Å²) >= 11 is 0. The van der Waals surface area contributed by atoms with Crippen LogP contribution in [0.3, 0.4) is 0 Å². The van der Waals surface area contributed by atoms with Crippen molar-refractivity contribution >= 4 is 0 Å². The summed E-state index contributed by atoms with van der Waals surface area (Å²) in [5, 5.41) is 58.0. The second-order valence-electron chi connectivity index (χ2n) is 5.50. The van der Waals surface area contributed by atoms with E-state index in [1.807, 2.05) is 0 Å². The molecule has 9 nitrogen and oxygen atoms in total. The fourth-order valence-corrected chi connectivity index (χ4v) is 2.49. The van der Waals surface area contributed by atoms with Crippen LogP contribution in [0.5, 0.6) is 0 Å². The van der Waals surface area contributed by atoms with Crippen molar-refractivity contribution in [2.75, 3.05) is 0 Å². The molecule has 9 heteroatoms. The summed E-state index contributed by atoms with van der Waals surface area (Å²) in [6.07, 6.45) is -12.8. The Morgan fingerprint density at radius 1 is 0.667 bits per heavy atom. The van der Waals surface area contributed by atoms with Crippen LogP contribution in [0.1, 0.15) is 13.8 Å². The molecule has 0 radical (unpaired) electrons. The van der Waals surface area contributed by atoms with E-state index in [0.717, 1.165) is 0 Å². The summed E-state index contributed by atoms with van der Waals surface area (Å²) in [6.45, 7) is 3.00. The molecule has 10 atom stereocenters. The van der Waals surface area contributed by atoms with Gasteiger partial charge in [0.25, 0.3) is 0 Å². The van der Waals surface area contributed by atoms with Crippen molar-refractivity contribution in [3.8, 4) is 0 Å². The Morgan fingerprint density at radius 3 is 1.90 bits per heavy atom. The van der Waals surface area contributed by atoms with E-state index in [0.29, 0.717) is 0 Å². The van der Waals surface area contributed by atoms with Crippen LogP contribution < -0.4 is 0 Å². The highest BCUT2D eigenvalue weighted by atomic mass is 16.7. The third-order valence-corrected chi connectivity index (χ3v) is 3.90. The Kier molecular flexibility index (Phi) is 5.19. The molecule has 21 heavy (non-hydrogen) atoms. The molecule has 2 fully saturated rings. The van der Waals surface area contributed by atoms with Crippen LogP contribution in [0.15, 0.2) is 0 Å². The molecule has 2 rings (SSSR count). The number of rotatable bonds is 2. The normalized spacial score (nSPS) is 55.4. The molecule has 0 aromatic carbocycles. The highest BCUT2D eigenvalue weighted by molar-refractivity contribution is 4.91. The summed E-state index contributed by atoms with van der Waals surface area (Å²) in [5.74, 6) is 0. The molecule has 0 aromatic rings. The Bertz CT molecular complexity index is 354. The van der Waals surface area contributed by atoms with E-state index in [1.54, 1.807) is 0 Å². The zero-order valence-electron chi connectivity index (χ0n) is 11.7. The molecule has 0 spiro atoms. The maximum Gasteiger partial charge on any atom is 0.187 e. The third kappa shape index (κ3) is 3.21. The highest BCUT2D eigenvalue weighted by Crippen LogP contribution is 2.28. The van der Waals surface area contributed by atoms with Crippen molar-refractivity contribution in [1.82, 2.24) is 0 Å². The maximum absolute atomic E-state index is 9.91. The highest BCUT2D eigenvalue weighted by Gasteiger charge is 2.48. The molecule has 0 aliphatic carbocycles. The first-order chi connectivity index (χ1) is 9.73. The lowest BCUT2D eigenvalue weighted by atomic mass is 9.98. The molecule has 0 unspecified atom stereocenters. The van der Waals surface area contributed by atoms with Gasteiger partial charge in [0.05, 0.1) is 12.2 Å². The Hall–Kier alpha value is -0.360. The quantitative estimate of drug-likeness (QED) is 0.308. The van der Waals surface area contributed by atoms with E-state index < -0.39 is 61.4 Å². The van der Waals surface area contributed by atoms with Gasteiger partial charge in [-0.1, -0.05) is 0 Å². The van der Waals surface area contributed by atoms with Crippen molar-refractivity contribution in [3.63, 3.8) is 0 Å². The molecular weight excluding hydrogens is 288 g/mol. The minimum atomic E-state index is -1.57. The van der Waals surface area contributed by atoms with Gasteiger partial charge in [-0.2, -0.15) is 0 Å². The smallest absolute Gasteiger partial charge is 0.187 e. The van der Waals surface area contributed by atoms with Crippen LogP contribution >= 0.6 is 0 Å². The van der Waals surface area contributed by atoms with E-state index in [9.17, 15) is 30.6 Å². The minimum Gasteiger partial charge on any atom is -0.388 e. The van der Waals surface area contributed by atoms with Gasteiger partial charge < -0.3 is 44.8 Å². The first-order valence-corrected chi connectivity index (χ1v) is 6.78. The third-order valence-electron chi connectivity index (χ3n) is 3.90. The number of aliphatic hydroxyl groups excluding tert-OH is 6. The second-order valence-corrected chi connectivity index (χ2v) is 5.50. The Labute approximate surface area is 121 Å². The molecule has 2 heterocycles. The van der Waals surface area contributed by atoms with Crippen molar-refractivity contribution in [1.29, 1.82) is 0 Å². The molecule has 6 N–H and O–H groups in total. The molecule has 0 bridgehead atoms. The van der Waals surface area contributed by atoms with Crippen molar-refractivity contribution in [2.45, 2.75) is 75.3 Å². The van der Waals surface area contributed by atoms with Crippen LogP contribution in [0, 0.1) is 0 Å². The Morgan fingerprint density at radius 2 is 1.29 bits per heavy atom. The van der Waals surface area contributed by atoms with E-state index in [2.05, 4.69) is 0 Å². The zero-order chi connectivity index (χ0) is 15.9. The van der Waals surface area contributed by atoms with Crippen LogP contribution in [0.4, 0.5) is 0 Å². The minimum absolute atomic E-state index is 0.784. The van der Waals surface area contributed by atoms with Crippen LogP contribution in [0.2, 0.25) is 0 Å². The molecular formula is C12H22O9. The summed E-state index contributed by atoms with van der Waals surface area (Å²) < 4.78 is 15.6.